The van der Waals surface area contributed by atoms with Gasteiger partial charge in [-0.25, -0.2) is 0 Å². The SMILES string of the molecule is COC(=O)CC(NC(=O)c1ccc2c(c1)OCO2)c1ccccc1Cl. The lowest BCUT2D eigenvalue weighted by molar-refractivity contribution is -0.141. The second kappa shape index (κ2) is 7.44. The molecular weight excluding hydrogens is 346 g/mol. The van der Waals surface area contributed by atoms with Crippen LogP contribution in [-0.2, 0) is 9.53 Å². The lowest BCUT2D eigenvalue weighted by Crippen LogP contribution is -2.30. The number of halogens is 1. The molecule has 1 unspecified atom stereocenters. The highest BCUT2D eigenvalue weighted by Gasteiger charge is 2.23. The molecule has 0 radical (unpaired) electrons. The molecule has 6 nitrogen and oxygen atoms in total. The smallest absolute Gasteiger partial charge is 0.307 e. The fourth-order valence-electron chi connectivity index (χ4n) is 2.53. The molecule has 0 saturated carbocycles. The molecule has 1 aliphatic rings. The molecular formula is C18H16ClNO5. The van der Waals surface area contributed by atoms with Gasteiger partial charge in [-0.3, -0.25) is 9.59 Å². The Hall–Kier alpha value is -2.73. The Labute approximate surface area is 149 Å². The first kappa shape index (κ1) is 17.1. The number of ether oxygens (including phenoxy) is 3. The molecule has 0 saturated heterocycles. The molecule has 0 aliphatic carbocycles. The third-order valence-electron chi connectivity index (χ3n) is 3.82. The fourth-order valence-corrected chi connectivity index (χ4v) is 2.79. The van der Waals surface area contributed by atoms with E-state index in [4.69, 9.17) is 25.8 Å². The van der Waals surface area contributed by atoms with Gasteiger partial charge in [0, 0.05) is 10.6 Å². The van der Waals surface area contributed by atoms with Crippen LogP contribution < -0.4 is 14.8 Å². The summed E-state index contributed by atoms with van der Waals surface area (Å²) in [6, 6.07) is 11.3. The van der Waals surface area contributed by atoms with E-state index >= 15 is 0 Å². The first-order valence-corrected chi connectivity index (χ1v) is 7.98. The van der Waals surface area contributed by atoms with Gasteiger partial charge in [0.2, 0.25) is 6.79 Å². The van der Waals surface area contributed by atoms with Gasteiger partial charge in [-0.1, -0.05) is 29.8 Å². The number of carbonyl (C=O) groups excluding carboxylic acids is 2. The summed E-state index contributed by atoms with van der Waals surface area (Å²) >= 11 is 6.21. The number of benzene rings is 2. The Balaban J connectivity index is 1.83. The Morgan fingerprint density at radius 3 is 2.72 bits per heavy atom. The van der Waals surface area contributed by atoms with Gasteiger partial charge in [0.15, 0.2) is 11.5 Å². The van der Waals surface area contributed by atoms with E-state index in [1.807, 2.05) is 0 Å². The number of methoxy groups -OCH3 is 1. The maximum atomic E-state index is 12.6. The molecule has 1 atom stereocenters. The summed E-state index contributed by atoms with van der Waals surface area (Å²) in [5, 5.41) is 3.29. The molecule has 3 rings (SSSR count). The molecule has 7 heteroatoms. The van der Waals surface area contributed by atoms with Crippen molar-refractivity contribution >= 4 is 23.5 Å². The summed E-state index contributed by atoms with van der Waals surface area (Å²) in [5.41, 5.74) is 1.04. The van der Waals surface area contributed by atoms with Gasteiger partial charge < -0.3 is 19.5 Å². The zero-order valence-corrected chi connectivity index (χ0v) is 14.2. The number of esters is 1. The van der Waals surface area contributed by atoms with Crippen molar-refractivity contribution in [1.82, 2.24) is 5.32 Å². The van der Waals surface area contributed by atoms with E-state index in [0.717, 1.165) is 0 Å². The first-order valence-electron chi connectivity index (χ1n) is 7.60. The van der Waals surface area contributed by atoms with Crippen molar-refractivity contribution in [3.8, 4) is 11.5 Å². The van der Waals surface area contributed by atoms with Gasteiger partial charge in [0.05, 0.1) is 19.6 Å². The predicted octanol–water partition coefficient (Wildman–Crippen LogP) is 3.10. The lowest BCUT2D eigenvalue weighted by atomic mass is 10.0. The zero-order valence-electron chi connectivity index (χ0n) is 13.5. The molecule has 2 aromatic rings. The number of carbonyl (C=O) groups is 2. The van der Waals surface area contributed by atoms with Gasteiger partial charge >= 0.3 is 5.97 Å². The van der Waals surface area contributed by atoms with Crippen LogP contribution in [0, 0.1) is 0 Å². The minimum absolute atomic E-state index is 0.0312. The highest BCUT2D eigenvalue weighted by atomic mass is 35.5. The van der Waals surface area contributed by atoms with Crippen molar-refractivity contribution in [2.45, 2.75) is 12.5 Å². The van der Waals surface area contributed by atoms with Crippen LogP contribution in [0.4, 0.5) is 0 Å². The van der Waals surface area contributed by atoms with Gasteiger partial charge in [-0.05, 0) is 29.8 Å². The monoisotopic (exact) mass is 361 g/mol. The summed E-state index contributed by atoms with van der Waals surface area (Å²) < 4.78 is 15.2. The van der Waals surface area contributed by atoms with Crippen molar-refractivity contribution in [1.29, 1.82) is 0 Å². The molecule has 1 aliphatic heterocycles. The molecule has 130 valence electrons. The summed E-state index contributed by atoms with van der Waals surface area (Å²) in [6.45, 7) is 0.130. The second-order valence-corrected chi connectivity index (χ2v) is 5.80. The fraction of sp³-hybridized carbons (Fsp3) is 0.222. The molecule has 0 spiro atoms. The number of amides is 1. The van der Waals surface area contributed by atoms with Gasteiger partial charge in [0.25, 0.3) is 5.91 Å². The molecule has 1 heterocycles. The van der Waals surface area contributed by atoms with Crippen LogP contribution in [0.1, 0.15) is 28.4 Å². The summed E-state index contributed by atoms with van der Waals surface area (Å²) in [7, 11) is 1.30. The maximum Gasteiger partial charge on any atom is 0.307 e. The van der Waals surface area contributed by atoms with Crippen molar-refractivity contribution in [2.75, 3.05) is 13.9 Å². The van der Waals surface area contributed by atoms with Crippen LogP contribution in [-0.4, -0.2) is 25.8 Å². The minimum atomic E-state index is -0.612. The zero-order chi connectivity index (χ0) is 17.8. The van der Waals surface area contributed by atoms with E-state index in [1.54, 1.807) is 42.5 Å². The third kappa shape index (κ3) is 3.85. The van der Waals surface area contributed by atoms with Crippen molar-refractivity contribution in [2.24, 2.45) is 0 Å². The second-order valence-electron chi connectivity index (χ2n) is 5.40. The summed E-state index contributed by atoms with van der Waals surface area (Å²) in [6.07, 6.45) is -0.0312. The highest BCUT2D eigenvalue weighted by Crippen LogP contribution is 2.33. The van der Waals surface area contributed by atoms with Crippen molar-refractivity contribution in [3.63, 3.8) is 0 Å². The number of hydrogen-bond acceptors (Lipinski definition) is 5. The van der Waals surface area contributed by atoms with Crippen molar-refractivity contribution in [3.05, 3.63) is 58.6 Å². The van der Waals surface area contributed by atoms with Crippen LogP contribution in [0.2, 0.25) is 5.02 Å². The van der Waals surface area contributed by atoms with E-state index in [1.165, 1.54) is 7.11 Å². The number of nitrogens with one attached hydrogen (secondary N) is 1. The van der Waals surface area contributed by atoms with E-state index in [9.17, 15) is 9.59 Å². The normalized spacial score (nSPS) is 13.2. The van der Waals surface area contributed by atoms with Crippen LogP contribution >= 0.6 is 11.6 Å². The summed E-state index contributed by atoms with van der Waals surface area (Å²) in [4.78, 5) is 24.3. The Kier molecular flexibility index (Phi) is 5.09. The lowest BCUT2D eigenvalue weighted by Gasteiger charge is -2.19. The van der Waals surface area contributed by atoms with E-state index in [-0.39, 0.29) is 19.1 Å². The van der Waals surface area contributed by atoms with Crippen LogP contribution in [0.3, 0.4) is 0 Å². The molecule has 1 N–H and O–H groups in total. The van der Waals surface area contributed by atoms with Crippen LogP contribution in [0.15, 0.2) is 42.5 Å². The molecule has 25 heavy (non-hydrogen) atoms. The van der Waals surface area contributed by atoms with Crippen molar-refractivity contribution < 1.29 is 23.8 Å². The van der Waals surface area contributed by atoms with Crippen LogP contribution in [0.5, 0.6) is 11.5 Å². The van der Waals surface area contributed by atoms with Gasteiger partial charge in [-0.2, -0.15) is 0 Å². The Bertz CT molecular complexity index is 808. The molecule has 0 fully saturated rings. The molecule has 1 amide bonds. The van der Waals surface area contributed by atoms with E-state index in [0.29, 0.717) is 27.6 Å². The Morgan fingerprint density at radius 2 is 1.96 bits per heavy atom. The molecule has 2 aromatic carbocycles. The topological polar surface area (TPSA) is 73.9 Å². The first-order chi connectivity index (χ1) is 12.1. The summed E-state index contributed by atoms with van der Waals surface area (Å²) in [5.74, 6) is 0.298. The average molecular weight is 362 g/mol. The van der Waals surface area contributed by atoms with E-state index < -0.39 is 12.0 Å². The highest BCUT2D eigenvalue weighted by molar-refractivity contribution is 6.31. The standard InChI is InChI=1S/C18H16ClNO5/c1-23-17(21)9-14(12-4-2-3-5-13(12)19)20-18(22)11-6-7-15-16(8-11)25-10-24-15/h2-8,14H,9-10H2,1H3,(H,20,22). The predicted molar refractivity (Wildman–Crippen MR) is 90.9 cm³/mol. The quantitative estimate of drug-likeness (QED) is 0.828. The van der Waals surface area contributed by atoms with Crippen LogP contribution in [0.25, 0.3) is 0 Å². The van der Waals surface area contributed by atoms with Gasteiger partial charge in [0.1, 0.15) is 0 Å². The number of rotatable bonds is 5. The molecule has 0 aromatic heterocycles. The Morgan fingerprint density at radius 1 is 1.20 bits per heavy atom. The number of fused-ring (bicyclic) bond motifs is 1. The van der Waals surface area contributed by atoms with E-state index in [2.05, 4.69) is 5.32 Å². The van der Waals surface area contributed by atoms with Gasteiger partial charge in [-0.15, -0.1) is 0 Å². The third-order valence-corrected chi connectivity index (χ3v) is 4.16. The average Bonchev–Trinajstić information content (AvgIpc) is 3.09. The number of hydrogen-bond donors (Lipinski definition) is 1. The molecule has 0 bridgehead atoms. The largest absolute Gasteiger partial charge is 0.469 e. The minimum Gasteiger partial charge on any atom is -0.469 e. The maximum absolute atomic E-state index is 12.6.